The van der Waals surface area contributed by atoms with E-state index in [1.54, 1.807) is 6.07 Å². The Bertz CT molecular complexity index is 744. The number of rotatable bonds is 2. The van der Waals surface area contributed by atoms with Gasteiger partial charge in [-0.3, -0.25) is 0 Å². The van der Waals surface area contributed by atoms with Gasteiger partial charge in [0.25, 0.3) is 0 Å². The maximum Gasteiger partial charge on any atom is 0.175 e. The minimum atomic E-state index is 0.289. The summed E-state index contributed by atoms with van der Waals surface area (Å²) in [5.74, 6) is 0. The molecule has 1 heterocycles. The first-order valence-corrected chi connectivity index (χ1v) is 6.42. The van der Waals surface area contributed by atoms with Gasteiger partial charge in [0, 0.05) is 11.8 Å². The van der Waals surface area contributed by atoms with Crippen molar-refractivity contribution >= 4 is 45.3 Å². The molecule has 19 heavy (non-hydrogen) atoms. The Morgan fingerprint density at radius 2 is 1.63 bits per heavy atom. The zero-order valence-electron chi connectivity index (χ0n) is 9.77. The highest BCUT2D eigenvalue weighted by Gasteiger charge is 2.05. The van der Waals surface area contributed by atoms with Gasteiger partial charge in [-0.15, -0.1) is 10.2 Å². The monoisotopic (exact) mass is 289 g/mol. The van der Waals surface area contributed by atoms with Gasteiger partial charge in [0.15, 0.2) is 10.3 Å². The number of aromatic nitrogens is 2. The van der Waals surface area contributed by atoms with Crippen LogP contribution in [0.25, 0.3) is 10.8 Å². The number of benzene rings is 2. The van der Waals surface area contributed by atoms with Gasteiger partial charge in [-0.05, 0) is 22.9 Å². The molecule has 94 valence electrons. The lowest BCUT2D eigenvalue weighted by Gasteiger charge is -2.08. The summed E-state index contributed by atoms with van der Waals surface area (Å²) < 4.78 is 0. The lowest BCUT2D eigenvalue weighted by atomic mass is 10.1. The first-order chi connectivity index (χ1) is 9.22. The lowest BCUT2D eigenvalue weighted by Crippen LogP contribution is -1.94. The van der Waals surface area contributed by atoms with Crippen LogP contribution in [0.1, 0.15) is 0 Å². The van der Waals surface area contributed by atoms with Gasteiger partial charge < -0.3 is 5.32 Å². The van der Waals surface area contributed by atoms with E-state index in [1.807, 2.05) is 30.3 Å². The third-order valence-electron chi connectivity index (χ3n) is 2.75. The van der Waals surface area contributed by atoms with Crippen LogP contribution in [0.2, 0.25) is 10.3 Å². The molecule has 0 radical (unpaired) electrons. The predicted molar refractivity (Wildman–Crippen MR) is 79.3 cm³/mol. The fourth-order valence-corrected chi connectivity index (χ4v) is 2.15. The van der Waals surface area contributed by atoms with Crippen LogP contribution in [0.5, 0.6) is 0 Å². The molecule has 5 heteroatoms. The van der Waals surface area contributed by atoms with Crippen LogP contribution in [0.3, 0.4) is 0 Å². The third kappa shape index (κ3) is 2.62. The fraction of sp³-hybridized carbons (Fsp3) is 0. The molecule has 0 amide bonds. The molecule has 2 aromatic carbocycles. The van der Waals surface area contributed by atoms with Crippen LogP contribution in [-0.4, -0.2) is 10.2 Å². The number of halogens is 2. The summed E-state index contributed by atoms with van der Waals surface area (Å²) in [5, 5.41) is 13.5. The highest BCUT2D eigenvalue weighted by molar-refractivity contribution is 6.33. The van der Waals surface area contributed by atoms with Crippen molar-refractivity contribution < 1.29 is 0 Å². The zero-order valence-corrected chi connectivity index (χ0v) is 11.3. The fourth-order valence-electron chi connectivity index (χ4n) is 1.86. The third-order valence-corrected chi connectivity index (χ3v) is 3.21. The van der Waals surface area contributed by atoms with Crippen molar-refractivity contribution in [3.63, 3.8) is 0 Å². The van der Waals surface area contributed by atoms with Crippen LogP contribution >= 0.6 is 23.2 Å². The highest BCUT2D eigenvalue weighted by atomic mass is 35.5. The van der Waals surface area contributed by atoms with Crippen LogP contribution in [-0.2, 0) is 0 Å². The molecule has 0 unspecified atom stereocenters. The van der Waals surface area contributed by atoms with Gasteiger partial charge in [0.2, 0.25) is 0 Å². The average Bonchev–Trinajstić information content (AvgIpc) is 2.43. The predicted octanol–water partition coefficient (Wildman–Crippen LogP) is 4.68. The second-order valence-electron chi connectivity index (χ2n) is 4.06. The number of nitrogens with zero attached hydrogens (tertiary/aromatic N) is 2. The summed E-state index contributed by atoms with van der Waals surface area (Å²) in [6.45, 7) is 0. The Hall–Kier alpha value is -1.84. The summed E-state index contributed by atoms with van der Waals surface area (Å²) in [6.07, 6.45) is 0. The summed E-state index contributed by atoms with van der Waals surface area (Å²) in [5.41, 5.74) is 1.56. The Morgan fingerprint density at radius 3 is 2.47 bits per heavy atom. The summed E-state index contributed by atoms with van der Waals surface area (Å²) >= 11 is 11.8. The SMILES string of the molecule is Clc1cc(Nc2ccc3ccccc3c2)c(Cl)nn1. The molecule has 1 aromatic heterocycles. The molecular formula is C14H9Cl2N3. The summed E-state index contributed by atoms with van der Waals surface area (Å²) in [7, 11) is 0. The van der Waals surface area contributed by atoms with Crippen LogP contribution in [0.4, 0.5) is 11.4 Å². The van der Waals surface area contributed by atoms with Gasteiger partial charge in [-0.2, -0.15) is 0 Å². The van der Waals surface area contributed by atoms with Crippen molar-refractivity contribution in [2.75, 3.05) is 5.32 Å². The molecule has 1 N–H and O–H groups in total. The smallest absolute Gasteiger partial charge is 0.175 e. The minimum Gasteiger partial charge on any atom is -0.353 e. The van der Waals surface area contributed by atoms with Crippen molar-refractivity contribution in [1.82, 2.24) is 10.2 Å². The molecule has 3 aromatic rings. The van der Waals surface area contributed by atoms with Crippen molar-refractivity contribution in [3.8, 4) is 0 Å². The number of hydrogen-bond donors (Lipinski definition) is 1. The molecule has 0 aliphatic heterocycles. The van der Waals surface area contributed by atoms with Crippen molar-refractivity contribution in [2.45, 2.75) is 0 Å². The summed E-state index contributed by atoms with van der Waals surface area (Å²) in [6, 6.07) is 15.8. The summed E-state index contributed by atoms with van der Waals surface area (Å²) in [4.78, 5) is 0. The Kier molecular flexibility index (Phi) is 3.23. The van der Waals surface area contributed by atoms with E-state index in [-0.39, 0.29) is 5.15 Å². The molecule has 3 nitrogen and oxygen atoms in total. The molecule has 0 atom stereocenters. The van der Waals surface area contributed by atoms with Crippen molar-refractivity contribution in [2.24, 2.45) is 0 Å². The van der Waals surface area contributed by atoms with Gasteiger partial charge >= 0.3 is 0 Å². The molecule has 0 aliphatic rings. The molecule has 0 spiro atoms. The van der Waals surface area contributed by atoms with Crippen LogP contribution < -0.4 is 5.32 Å². The first kappa shape index (κ1) is 12.2. The van der Waals surface area contributed by atoms with E-state index in [2.05, 4.69) is 27.6 Å². The molecule has 0 fully saturated rings. The molecule has 0 saturated heterocycles. The number of fused-ring (bicyclic) bond motifs is 1. The molecule has 0 saturated carbocycles. The van der Waals surface area contributed by atoms with E-state index in [9.17, 15) is 0 Å². The van der Waals surface area contributed by atoms with E-state index in [1.165, 1.54) is 5.39 Å². The van der Waals surface area contributed by atoms with E-state index in [0.29, 0.717) is 10.8 Å². The average molecular weight is 290 g/mol. The normalized spacial score (nSPS) is 10.6. The van der Waals surface area contributed by atoms with Gasteiger partial charge in [0.1, 0.15) is 0 Å². The quantitative estimate of drug-likeness (QED) is 0.744. The lowest BCUT2D eigenvalue weighted by molar-refractivity contribution is 1.03. The van der Waals surface area contributed by atoms with Crippen LogP contribution in [0.15, 0.2) is 48.5 Å². The van der Waals surface area contributed by atoms with E-state index < -0.39 is 0 Å². The Balaban J connectivity index is 1.98. The number of anilines is 2. The van der Waals surface area contributed by atoms with E-state index >= 15 is 0 Å². The Morgan fingerprint density at radius 1 is 0.842 bits per heavy atom. The van der Waals surface area contributed by atoms with Gasteiger partial charge in [-0.25, -0.2) is 0 Å². The largest absolute Gasteiger partial charge is 0.353 e. The second kappa shape index (κ2) is 5.03. The van der Waals surface area contributed by atoms with Crippen LogP contribution in [0, 0.1) is 0 Å². The standard InChI is InChI=1S/C14H9Cl2N3/c15-13-8-12(14(16)19-18-13)17-11-6-5-9-3-1-2-4-10(9)7-11/h1-8H,(H,17,18). The molecule has 3 rings (SSSR count). The molecule has 0 bridgehead atoms. The van der Waals surface area contributed by atoms with Crippen molar-refractivity contribution in [1.29, 1.82) is 0 Å². The first-order valence-electron chi connectivity index (χ1n) is 5.67. The minimum absolute atomic E-state index is 0.289. The van der Waals surface area contributed by atoms with Crippen molar-refractivity contribution in [3.05, 3.63) is 58.8 Å². The zero-order chi connectivity index (χ0) is 13.2. The van der Waals surface area contributed by atoms with Gasteiger partial charge in [0.05, 0.1) is 5.69 Å². The second-order valence-corrected chi connectivity index (χ2v) is 4.80. The maximum atomic E-state index is 5.97. The highest BCUT2D eigenvalue weighted by Crippen LogP contribution is 2.27. The van der Waals surface area contributed by atoms with E-state index in [0.717, 1.165) is 11.1 Å². The molecular weight excluding hydrogens is 281 g/mol. The molecule has 0 aliphatic carbocycles. The number of nitrogens with one attached hydrogen (secondary N) is 1. The van der Waals surface area contributed by atoms with E-state index in [4.69, 9.17) is 23.2 Å². The topological polar surface area (TPSA) is 37.8 Å². The Labute approximate surface area is 120 Å². The maximum absolute atomic E-state index is 5.97. The van der Waals surface area contributed by atoms with Gasteiger partial charge in [-0.1, -0.05) is 53.5 Å². The number of hydrogen-bond acceptors (Lipinski definition) is 3.